The summed E-state index contributed by atoms with van der Waals surface area (Å²) in [5.74, 6) is 1.52. The Morgan fingerprint density at radius 3 is 2.43 bits per heavy atom. The van der Waals surface area contributed by atoms with E-state index in [0.717, 1.165) is 33.3 Å². The Balaban J connectivity index is 1.69. The van der Waals surface area contributed by atoms with Crippen molar-refractivity contribution < 1.29 is 9.47 Å². The summed E-state index contributed by atoms with van der Waals surface area (Å²) < 4.78 is 11.8. The van der Waals surface area contributed by atoms with Crippen LogP contribution in [0.4, 0.5) is 5.69 Å². The molecule has 0 aliphatic heterocycles. The van der Waals surface area contributed by atoms with Crippen LogP contribution in [0.2, 0.25) is 5.02 Å². The maximum absolute atomic E-state index is 6.20. The molecule has 0 amide bonds. The lowest BCUT2D eigenvalue weighted by molar-refractivity contribution is 0.268. The van der Waals surface area contributed by atoms with Gasteiger partial charge in [-0.05, 0) is 67.3 Å². The van der Waals surface area contributed by atoms with Crippen molar-refractivity contribution in [1.29, 1.82) is 0 Å². The second-order valence-corrected chi connectivity index (χ2v) is 7.15. The summed E-state index contributed by atoms with van der Waals surface area (Å²) in [5.41, 5.74) is 5.57. The lowest BCUT2D eigenvalue weighted by Gasteiger charge is -2.15. The van der Waals surface area contributed by atoms with Crippen LogP contribution in [0.25, 0.3) is 0 Å². The first-order chi connectivity index (χ1) is 13.6. The molecule has 0 spiro atoms. The van der Waals surface area contributed by atoms with Gasteiger partial charge in [0.1, 0.15) is 6.61 Å². The minimum atomic E-state index is 0.520. The highest BCUT2D eigenvalue weighted by molar-refractivity contribution is 6.31. The van der Waals surface area contributed by atoms with E-state index in [9.17, 15) is 0 Å². The third-order valence-electron chi connectivity index (χ3n) is 4.62. The molecule has 4 heteroatoms. The molecule has 0 fully saturated rings. The second kappa shape index (κ2) is 9.52. The van der Waals surface area contributed by atoms with E-state index in [4.69, 9.17) is 21.1 Å². The van der Waals surface area contributed by atoms with E-state index in [1.54, 1.807) is 0 Å². The SMILES string of the molecule is CCOc1cc(CNc2ccc(C)c(Cl)c2)ccc1OCc1ccccc1C. The topological polar surface area (TPSA) is 30.5 Å². The molecule has 3 aromatic carbocycles. The summed E-state index contributed by atoms with van der Waals surface area (Å²) in [6.45, 7) is 7.85. The van der Waals surface area contributed by atoms with Crippen molar-refractivity contribution in [2.75, 3.05) is 11.9 Å². The van der Waals surface area contributed by atoms with Gasteiger partial charge in [0, 0.05) is 17.3 Å². The lowest BCUT2D eigenvalue weighted by atomic mass is 10.1. The molecule has 0 aliphatic rings. The molecule has 0 bridgehead atoms. The van der Waals surface area contributed by atoms with E-state index in [0.29, 0.717) is 19.8 Å². The van der Waals surface area contributed by atoms with Crippen LogP contribution in [0.5, 0.6) is 11.5 Å². The van der Waals surface area contributed by atoms with Gasteiger partial charge in [0.15, 0.2) is 11.5 Å². The monoisotopic (exact) mass is 395 g/mol. The first-order valence-corrected chi connectivity index (χ1v) is 9.87. The Hall–Kier alpha value is -2.65. The highest BCUT2D eigenvalue weighted by Crippen LogP contribution is 2.30. The lowest BCUT2D eigenvalue weighted by Crippen LogP contribution is -2.03. The number of ether oxygens (including phenoxy) is 2. The Bertz CT molecular complexity index is 940. The van der Waals surface area contributed by atoms with Crippen molar-refractivity contribution >= 4 is 17.3 Å². The summed E-state index contributed by atoms with van der Waals surface area (Å²) in [7, 11) is 0. The van der Waals surface area contributed by atoms with Crippen LogP contribution < -0.4 is 14.8 Å². The smallest absolute Gasteiger partial charge is 0.161 e. The van der Waals surface area contributed by atoms with Crippen molar-refractivity contribution in [3.05, 3.63) is 87.9 Å². The molecular weight excluding hydrogens is 370 g/mol. The van der Waals surface area contributed by atoms with Crippen LogP contribution in [0.15, 0.2) is 60.7 Å². The molecule has 28 heavy (non-hydrogen) atoms. The number of halogens is 1. The molecule has 0 radical (unpaired) electrons. The van der Waals surface area contributed by atoms with Crippen molar-refractivity contribution in [2.24, 2.45) is 0 Å². The first kappa shape index (κ1) is 20.1. The van der Waals surface area contributed by atoms with Gasteiger partial charge < -0.3 is 14.8 Å². The van der Waals surface area contributed by atoms with E-state index >= 15 is 0 Å². The fraction of sp³-hybridized carbons (Fsp3) is 0.250. The highest BCUT2D eigenvalue weighted by atomic mass is 35.5. The van der Waals surface area contributed by atoms with Crippen LogP contribution in [0, 0.1) is 13.8 Å². The van der Waals surface area contributed by atoms with Crippen LogP contribution in [-0.2, 0) is 13.2 Å². The number of hydrogen-bond donors (Lipinski definition) is 1. The average Bonchev–Trinajstić information content (AvgIpc) is 2.69. The average molecular weight is 396 g/mol. The third-order valence-corrected chi connectivity index (χ3v) is 5.03. The second-order valence-electron chi connectivity index (χ2n) is 6.75. The number of hydrogen-bond acceptors (Lipinski definition) is 3. The summed E-state index contributed by atoms with van der Waals surface area (Å²) in [5, 5.41) is 4.17. The Kier molecular flexibility index (Phi) is 6.83. The zero-order chi connectivity index (χ0) is 19.9. The summed E-state index contributed by atoms with van der Waals surface area (Å²) >= 11 is 6.20. The molecular formula is C24H26ClNO2. The molecule has 1 N–H and O–H groups in total. The molecule has 3 nitrogen and oxygen atoms in total. The minimum absolute atomic E-state index is 0.520. The van der Waals surface area contributed by atoms with Gasteiger partial charge in [-0.1, -0.05) is 48.0 Å². The fourth-order valence-corrected chi connectivity index (χ4v) is 3.07. The Morgan fingerprint density at radius 2 is 1.68 bits per heavy atom. The molecule has 0 aromatic heterocycles. The zero-order valence-corrected chi connectivity index (χ0v) is 17.3. The maximum Gasteiger partial charge on any atom is 0.161 e. The van der Waals surface area contributed by atoms with Gasteiger partial charge in [-0.2, -0.15) is 0 Å². The largest absolute Gasteiger partial charge is 0.490 e. The summed E-state index contributed by atoms with van der Waals surface area (Å²) in [6, 6.07) is 20.3. The van der Waals surface area contributed by atoms with Crippen molar-refractivity contribution in [3.63, 3.8) is 0 Å². The number of anilines is 1. The maximum atomic E-state index is 6.20. The Labute approximate surface area is 172 Å². The summed E-state index contributed by atoms with van der Waals surface area (Å²) in [6.07, 6.45) is 0. The molecule has 3 aromatic rings. The number of rotatable bonds is 8. The van der Waals surface area contributed by atoms with Gasteiger partial charge in [-0.3, -0.25) is 0 Å². The molecule has 146 valence electrons. The summed E-state index contributed by atoms with van der Waals surface area (Å²) in [4.78, 5) is 0. The molecule has 0 saturated carbocycles. The third kappa shape index (κ3) is 5.20. The van der Waals surface area contributed by atoms with Gasteiger partial charge in [0.05, 0.1) is 6.61 Å². The number of aryl methyl sites for hydroxylation is 2. The molecule has 0 atom stereocenters. The fourth-order valence-electron chi connectivity index (χ4n) is 2.88. The van der Waals surface area contributed by atoms with E-state index in [1.807, 2.05) is 56.3 Å². The van der Waals surface area contributed by atoms with Gasteiger partial charge in [-0.15, -0.1) is 0 Å². The quantitative estimate of drug-likeness (QED) is 0.469. The van der Waals surface area contributed by atoms with E-state index < -0.39 is 0 Å². The molecule has 3 rings (SSSR count). The normalized spacial score (nSPS) is 10.6. The first-order valence-electron chi connectivity index (χ1n) is 9.50. The van der Waals surface area contributed by atoms with Crippen molar-refractivity contribution in [3.8, 4) is 11.5 Å². The van der Waals surface area contributed by atoms with E-state index in [-0.39, 0.29) is 0 Å². The van der Waals surface area contributed by atoms with Crippen LogP contribution >= 0.6 is 11.6 Å². The highest BCUT2D eigenvalue weighted by Gasteiger charge is 2.08. The van der Waals surface area contributed by atoms with Crippen molar-refractivity contribution in [1.82, 2.24) is 0 Å². The van der Waals surface area contributed by atoms with Crippen molar-refractivity contribution in [2.45, 2.75) is 33.9 Å². The van der Waals surface area contributed by atoms with E-state index in [2.05, 4.69) is 30.4 Å². The van der Waals surface area contributed by atoms with Gasteiger partial charge >= 0.3 is 0 Å². The standard InChI is InChI=1S/C24H26ClNO2/c1-4-27-24-13-19(15-26-21-11-9-18(3)22(25)14-21)10-12-23(24)28-16-20-8-6-5-7-17(20)2/h5-14,26H,4,15-16H2,1-3H3. The van der Waals surface area contributed by atoms with Gasteiger partial charge in [0.25, 0.3) is 0 Å². The van der Waals surface area contributed by atoms with Crippen LogP contribution in [0.1, 0.15) is 29.2 Å². The predicted octanol–water partition coefficient (Wildman–Crippen LogP) is 6.55. The van der Waals surface area contributed by atoms with Crippen LogP contribution in [0.3, 0.4) is 0 Å². The van der Waals surface area contributed by atoms with Gasteiger partial charge in [0.2, 0.25) is 0 Å². The predicted molar refractivity (Wildman–Crippen MR) is 117 cm³/mol. The molecule has 0 unspecified atom stereocenters. The Morgan fingerprint density at radius 1 is 0.857 bits per heavy atom. The number of nitrogens with one attached hydrogen (secondary N) is 1. The molecule has 0 heterocycles. The number of benzene rings is 3. The van der Waals surface area contributed by atoms with Crippen LogP contribution in [-0.4, -0.2) is 6.61 Å². The zero-order valence-electron chi connectivity index (χ0n) is 16.6. The van der Waals surface area contributed by atoms with E-state index in [1.165, 1.54) is 11.1 Å². The minimum Gasteiger partial charge on any atom is -0.490 e. The molecule has 0 saturated heterocycles. The van der Waals surface area contributed by atoms with Gasteiger partial charge in [-0.25, -0.2) is 0 Å². The molecule has 0 aliphatic carbocycles.